The van der Waals surface area contributed by atoms with Crippen molar-refractivity contribution in [2.24, 2.45) is 0 Å². The van der Waals surface area contributed by atoms with Gasteiger partial charge in [-0.25, -0.2) is 0 Å². The van der Waals surface area contributed by atoms with E-state index in [0.29, 0.717) is 16.7 Å². The van der Waals surface area contributed by atoms with Crippen LogP contribution in [0, 0.1) is 0 Å². The molecule has 0 atom stereocenters. The summed E-state index contributed by atoms with van der Waals surface area (Å²) < 4.78 is 0. The van der Waals surface area contributed by atoms with Crippen LogP contribution in [0.25, 0.3) is 0 Å². The Morgan fingerprint density at radius 1 is 0.266 bits per heavy atom. The fraction of sp³-hybridized carbons (Fsp3) is 0.632. The van der Waals surface area contributed by atoms with Crippen molar-refractivity contribution in [3.63, 3.8) is 0 Å². The largest absolute Gasteiger partial charge is 3.00 e. The average molecular weight is 895 g/mol. The number of carbonyl (C=O) groups is 3. The monoisotopic (exact) mass is 895 g/mol. The third-order valence-corrected chi connectivity index (χ3v) is 11.2. The van der Waals surface area contributed by atoms with Crippen molar-refractivity contribution in [2.45, 2.75) is 236 Å². The molecule has 0 aliphatic rings. The fourth-order valence-corrected chi connectivity index (χ4v) is 8.87. The molecular weight excluding hydrogens is 808 g/mol. The quantitative estimate of drug-likeness (QED) is 0.241. The number of carboxylic acids is 3. The van der Waals surface area contributed by atoms with Crippen LogP contribution in [0.15, 0.2) is 36.4 Å². The normalized spacial score (nSPS) is 13.2. The van der Waals surface area contributed by atoms with Crippen molar-refractivity contribution < 1.29 is 29.7 Å². The van der Waals surface area contributed by atoms with E-state index < -0.39 is 17.9 Å². The second-order valence-electron chi connectivity index (χ2n) is 26.8. The van der Waals surface area contributed by atoms with Gasteiger partial charge in [-0.2, -0.15) is 0 Å². The molecule has 0 saturated carbocycles. The zero-order valence-corrected chi connectivity index (χ0v) is 46.6. The molecule has 0 aliphatic heterocycles. The van der Waals surface area contributed by atoms with E-state index in [1.165, 1.54) is 16.7 Å². The molecule has 64 heavy (non-hydrogen) atoms. The predicted molar refractivity (Wildman–Crippen MR) is 266 cm³/mol. The zero-order valence-electron chi connectivity index (χ0n) is 45.5. The first-order valence-corrected chi connectivity index (χ1v) is 22.7. The van der Waals surface area contributed by atoms with Gasteiger partial charge in [0.1, 0.15) is 0 Å². The minimum atomic E-state index is -1.09. The molecule has 0 amide bonds. The topological polar surface area (TPSA) is 120 Å². The van der Waals surface area contributed by atoms with Gasteiger partial charge in [0.15, 0.2) is 0 Å². The Morgan fingerprint density at radius 3 is 0.500 bits per heavy atom. The molecule has 0 spiro atoms. The third-order valence-electron chi connectivity index (χ3n) is 11.2. The maximum atomic E-state index is 11.6. The molecule has 3 aromatic rings. The second kappa shape index (κ2) is 19.8. The van der Waals surface area contributed by atoms with Gasteiger partial charge in [0.2, 0.25) is 0 Å². The summed E-state index contributed by atoms with van der Waals surface area (Å²) in [5.74, 6) is -3.28. The van der Waals surface area contributed by atoms with Crippen molar-refractivity contribution in [2.75, 3.05) is 0 Å². The van der Waals surface area contributed by atoms with Crippen LogP contribution in [0.5, 0.6) is 0 Å². The van der Waals surface area contributed by atoms with E-state index in [2.05, 4.69) is 187 Å². The van der Waals surface area contributed by atoms with E-state index in [9.17, 15) is 29.7 Å². The molecule has 0 aliphatic carbocycles. The van der Waals surface area contributed by atoms with Crippen molar-refractivity contribution >= 4 is 35.3 Å². The minimum absolute atomic E-state index is 0. The van der Waals surface area contributed by atoms with Crippen LogP contribution in [0.1, 0.15) is 268 Å². The summed E-state index contributed by atoms with van der Waals surface area (Å²) in [4.78, 5) is 34.8. The van der Waals surface area contributed by atoms with Crippen molar-refractivity contribution in [1.29, 1.82) is 0 Å². The molecule has 0 heterocycles. The summed E-state index contributed by atoms with van der Waals surface area (Å²) in [5.41, 5.74) is 9.50. The number of aromatic carboxylic acids is 3. The Morgan fingerprint density at radius 2 is 0.406 bits per heavy atom. The molecule has 0 unspecified atom stereocenters. The molecule has 0 bridgehead atoms. The molecule has 0 saturated heterocycles. The first-order valence-electron chi connectivity index (χ1n) is 22.7. The van der Waals surface area contributed by atoms with Gasteiger partial charge < -0.3 is 29.7 Å². The van der Waals surface area contributed by atoms with Crippen molar-refractivity contribution in [3.8, 4) is 0 Å². The van der Waals surface area contributed by atoms with Crippen LogP contribution in [0.3, 0.4) is 0 Å². The van der Waals surface area contributed by atoms with Gasteiger partial charge in [-0.15, -0.1) is 0 Å². The fourth-order valence-electron chi connectivity index (χ4n) is 8.87. The van der Waals surface area contributed by atoms with Crippen LogP contribution >= 0.6 is 0 Å². The van der Waals surface area contributed by atoms with E-state index >= 15 is 0 Å². The van der Waals surface area contributed by atoms with Crippen LogP contribution in [-0.4, -0.2) is 35.3 Å². The Kier molecular flexibility index (Phi) is 18.8. The van der Waals surface area contributed by atoms with Crippen molar-refractivity contribution in [3.05, 3.63) is 103 Å². The summed E-state index contributed by atoms with van der Waals surface area (Å²) >= 11 is 0. The second-order valence-corrected chi connectivity index (χ2v) is 26.8. The number of rotatable bonds is 3. The van der Waals surface area contributed by atoms with E-state index in [-0.39, 0.29) is 66.1 Å². The first kappa shape index (κ1) is 60.6. The van der Waals surface area contributed by atoms with Gasteiger partial charge in [0, 0.05) is 16.7 Å². The minimum Gasteiger partial charge on any atom is -0.545 e. The molecule has 0 aromatic heterocycles. The van der Waals surface area contributed by atoms with E-state index in [1.807, 2.05) is 18.2 Å². The first-order chi connectivity index (χ1) is 27.5. The number of carboxylic acid groups (broad SMARTS) is 3. The molecule has 0 radical (unpaired) electrons. The molecule has 6 nitrogen and oxygen atoms in total. The smallest absolute Gasteiger partial charge is 0.545 e. The molecule has 0 fully saturated rings. The van der Waals surface area contributed by atoms with Crippen LogP contribution in [0.2, 0.25) is 0 Å². The Labute approximate surface area is 402 Å². The van der Waals surface area contributed by atoms with Crippen LogP contribution < -0.4 is 15.3 Å². The summed E-state index contributed by atoms with van der Waals surface area (Å²) in [6, 6.07) is 11.0. The van der Waals surface area contributed by atoms with E-state index in [0.717, 1.165) is 33.4 Å². The SMILES string of the molecule is CC(C)(C)c1ccc(C(=O)[O-])c(C(C)(C)C)c1C(C)(C)C.CC(C)(C)c1ccc(C(=O)[O-])c(C(C)(C)C)c1C(C)(C)C.CC(C)(C)c1ccc(C(=O)[O-])c(C(C)(C)C)c1C(C)(C)C.[Al+3]. The maximum Gasteiger partial charge on any atom is 3.00 e. The van der Waals surface area contributed by atoms with Gasteiger partial charge in [-0.1, -0.05) is 223 Å². The molecule has 3 aromatic carbocycles. The molecular formula is C57H87AlO6. The third kappa shape index (κ3) is 15.1. The molecule has 7 heteroatoms. The molecule has 3 rings (SSSR count). The summed E-state index contributed by atoms with van der Waals surface area (Å²) in [7, 11) is 0. The Hall–Kier alpha value is -3.40. The van der Waals surface area contributed by atoms with Gasteiger partial charge in [0.25, 0.3) is 0 Å². The number of hydrogen-bond donors (Lipinski definition) is 0. The van der Waals surface area contributed by atoms with E-state index in [4.69, 9.17) is 0 Å². The molecule has 0 N–H and O–H groups in total. The number of benzene rings is 3. The number of hydrogen-bond acceptors (Lipinski definition) is 6. The van der Waals surface area contributed by atoms with Gasteiger partial charge in [-0.3, -0.25) is 0 Å². The maximum absolute atomic E-state index is 11.6. The predicted octanol–water partition coefficient (Wildman–Crippen LogP) is 11.4. The summed E-state index contributed by atoms with van der Waals surface area (Å²) in [6.45, 7) is 57.4. The van der Waals surface area contributed by atoms with E-state index in [1.54, 1.807) is 18.2 Å². The van der Waals surface area contributed by atoms with Crippen LogP contribution in [-0.2, 0) is 48.7 Å². The Bertz CT molecular complexity index is 1890. The zero-order chi connectivity index (χ0) is 50.4. The van der Waals surface area contributed by atoms with Gasteiger partial charge >= 0.3 is 17.4 Å². The van der Waals surface area contributed by atoms with Gasteiger partial charge in [-0.05, 0) is 98.8 Å². The van der Waals surface area contributed by atoms with Crippen molar-refractivity contribution in [1.82, 2.24) is 0 Å². The standard InChI is InChI=1S/3C19H30O2.Al/c3*1-17(2,3)13-11-10-12(16(20)21)14(18(4,5)6)15(13)19(7,8)9;/h3*10-11H,1-9H3,(H,20,21);/q;;;+3/p-3. The Balaban J connectivity index is 0.000000923. The van der Waals surface area contributed by atoms with Gasteiger partial charge in [0.05, 0.1) is 17.9 Å². The summed E-state index contributed by atoms with van der Waals surface area (Å²) in [6.07, 6.45) is 0. The average Bonchev–Trinajstić information content (AvgIpc) is 3.03. The summed E-state index contributed by atoms with van der Waals surface area (Å²) in [5, 5.41) is 34.8. The van der Waals surface area contributed by atoms with Crippen LogP contribution in [0.4, 0.5) is 0 Å². The number of carbonyl (C=O) groups excluding carboxylic acids is 3. The molecule has 354 valence electrons.